The third kappa shape index (κ3) is 8.73. The Hall–Kier alpha value is -1.04. The van der Waals surface area contributed by atoms with E-state index in [1.54, 1.807) is 0 Å². The van der Waals surface area contributed by atoms with E-state index in [0.29, 0.717) is 0 Å². The second-order valence-corrected chi connectivity index (χ2v) is 30.4. The minimum absolute atomic E-state index is 1.15. The first-order valence-corrected chi connectivity index (χ1v) is 25.9. The summed E-state index contributed by atoms with van der Waals surface area (Å²) >= 11 is 4.60. The van der Waals surface area contributed by atoms with E-state index in [2.05, 4.69) is 140 Å². The second kappa shape index (κ2) is 14.7. The fourth-order valence-corrected chi connectivity index (χ4v) is 23.0. The first-order chi connectivity index (χ1) is 18.6. The van der Waals surface area contributed by atoms with E-state index in [1.165, 1.54) is 79.4 Å². The molecular formula is C34H52BrOPSi2. The van der Waals surface area contributed by atoms with E-state index < -0.39 is 21.9 Å². The van der Waals surface area contributed by atoms with Crippen molar-refractivity contribution in [3.63, 3.8) is 0 Å². The van der Waals surface area contributed by atoms with Gasteiger partial charge < -0.3 is 0 Å². The Balaban J connectivity index is 1.61. The standard InChI is InChI=1S/C34H52BrOPSi2/c1-6-7-30-38(2,3)36-39(4,5)31-22-11-9-8-10-21-29-37(35,32-23-15-12-16-24-32,33-25-17-13-18-26-33)34-27-19-14-20-28-34/h12-20,23-28H,6-11,21-22,29-31H2,1-5H3. The summed E-state index contributed by atoms with van der Waals surface area (Å²) in [6.45, 7) is 12.0. The molecule has 0 aliphatic heterocycles. The molecule has 3 aromatic rings. The van der Waals surface area contributed by atoms with Gasteiger partial charge in [-0.2, -0.15) is 0 Å². The molecule has 0 saturated heterocycles. The summed E-state index contributed by atoms with van der Waals surface area (Å²) in [6, 6.07) is 36.3. The predicted octanol–water partition coefficient (Wildman–Crippen LogP) is 10.4. The van der Waals surface area contributed by atoms with Crippen molar-refractivity contribution in [2.45, 2.75) is 96.6 Å². The van der Waals surface area contributed by atoms with Crippen LogP contribution in [0.25, 0.3) is 0 Å². The van der Waals surface area contributed by atoms with Crippen molar-refractivity contribution in [3.05, 3.63) is 91.0 Å². The fourth-order valence-electron chi connectivity index (χ4n) is 6.17. The van der Waals surface area contributed by atoms with Crippen LogP contribution >= 0.6 is 20.8 Å². The van der Waals surface area contributed by atoms with Gasteiger partial charge in [-0.15, -0.1) is 0 Å². The molecule has 214 valence electrons. The topological polar surface area (TPSA) is 9.23 Å². The van der Waals surface area contributed by atoms with E-state index in [-0.39, 0.29) is 0 Å². The summed E-state index contributed by atoms with van der Waals surface area (Å²) in [7, 11) is -3.04. The molecule has 39 heavy (non-hydrogen) atoms. The Bertz CT molecular complexity index is 1010. The van der Waals surface area contributed by atoms with Crippen molar-refractivity contribution in [2.24, 2.45) is 0 Å². The summed E-state index contributed by atoms with van der Waals surface area (Å²) < 4.78 is 6.82. The van der Waals surface area contributed by atoms with E-state index >= 15 is 0 Å². The summed E-state index contributed by atoms with van der Waals surface area (Å²) in [6.07, 6.45) is 11.6. The Morgan fingerprint density at radius 3 is 1.31 bits per heavy atom. The van der Waals surface area contributed by atoms with Crippen LogP contribution in [0.4, 0.5) is 0 Å². The van der Waals surface area contributed by atoms with Crippen molar-refractivity contribution < 1.29 is 4.12 Å². The molecule has 5 heteroatoms. The number of benzene rings is 3. The second-order valence-electron chi connectivity index (χ2n) is 12.5. The number of unbranched alkanes of at least 4 members (excludes halogenated alkanes) is 6. The Morgan fingerprint density at radius 2 is 0.897 bits per heavy atom. The number of hydrogen-bond donors (Lipinski definition) is 0. The average Bonchev–Trinajstić information content (AvgIpc) is 2.94. The van der Waals surface area contributed by atoms with Gasteiger partial charge in [0, 0.05) is 0 Å². The summed E-state index contributed by atoms with van der Waals surface area (Å²) in [5.41, 5.74) is 0. The molecule has 0 heterocycles. The van der Waals surface area contributed by atoms with Gasteiger partial charge in [0.1, 0.15) is 0 Å². The van der Waals surface area contributed by atoms with Crippen LogP contribution in [0.15, 0.2) is 91.0 Å². The van der Waals surface area contributed by atoms with Crippen LogP contribution in [0.5, 0.6) is 0 Å². The molecule has 1 nitrogen and oxygen atoms in total. The van der Waals surface area contributed by atoms with Crippen molar-refractivity contribution in [3.8, 4) is 0 Å². The Kier molecular flexibility index (Phi) is 12.3. The summed E-state index contributed by atoms with van der Waals surface area (Å²) in [4.78, 5) is 0. The predicted molar refractivity (Wildman–Crippen MR) is 187 cm³/mol. The number of hydrogen-bond acceptors (Lipinski definition) is 1. The van der Waals surface area contributed by atoms with E-state index in [9.17, 15) is 0 Å². The van der Waals surface area contributed by atoms with Crippen molar-refractivity contribution in [2.75, 3.05) is 6.16 Å². The molecule has 0 bridgehead atoms. The molecule has 0 spiro atoms. The molecule has 0 atom stereocenters. The molecule has 0 saturated carbocycles. The molecule has 3 rings (SSSR count). The van der Waals surface area contributed by atoms with Crippen molar-refractivity contribution in [1.82, 2.24) is 0 Å². The van der Waals surface area contributed by atoms with Crippen LogP contribution in [-0.4, -0.2) is 22.8 Å². The van der Waals surface area contributed by atoms with Crippen molar-refractivity contribution >= 4 is 53.3 Å². The van der Waals surface area contributed by atoms with Gasteiger partial charge >= 0.3 is 231 Å². The molecule has 0 radical (unpaired) electrons. The van der Waals surface area contributed by atoms with Crippen molar-refractivity contribution in [1.29, 1.82) is 0 Å². The van der Waals surface area contributed by atoms with E-state index in [4.69, 9.17) is 4.12 Å². The molecule has 0 amide bonds. The molecule has 0 N–H and O–H groups in total. The van der Waals surface area contributed by atoms with Gasteiger partial charge in [0.2, 0.25) is 0 Å². The first-order valence-electron chi connectivity index (χ1n) is 15.2. The fraction of sp³-hybridized carbons (Fsp3) is 0.471. The maximum absolute atomic E-state index is 6.82. The maximum atomic E-state index is 6.82. The molecule has 3 aromatic carbocycles. The first kappa shape index (κ1) is 32.5. The normalized spacial score (nSPS) is 13.6. The van der Waals surface area contributed by atoms with Gasteiger partial charge in [0.15, 0.2) is 0 Å². The van der Waals surface area contributed by atoms with Crippen LogP contribution in [0.2, 0.25) is 38.3 Å². The van der Waals surface area contributed by atoms with E-state index in [0.717, 1.165) is 6.16 Å². The monoisotopic (exact) mass is 642 g/mol. The number of rotatable bonds is 17. The Morgan fingerprint density at radius 1 is 0.538 bits per heavy atom. The third-order valence-electron chi connectivity index (χ3n) is 8.18. The van der Waals surface area contributed by atoms with E-state index in [1.807, 2.05) is 0 Å². The Labute approximate surface area is 250 Å². The molecular weight excluding hydrogens is 591 g/mol. The van der Waals surface area contributed by atoms with Crippen LogP contribution in [0.3, 0.4) is 0 Å². The third-order valence-corrected chi connectivity index (χ3v) is 25.7. The van der Waals surface area contributed by atoms with Crippen LogP contribution in [0.1, 0.15) is 58.3 Å². The van der Waals surface area contributed by atoms with Gasteiger partial charge in [0.05, 0.1) is 0 Å². The van der Waals surface area contributed by atoms with Crippen LogP contribution in [0, 0.1) is 0 Å². The van der Waals surface area contributed by atoms with Crippen LogP contribution < -0.4 is 15.9 Å². The van der Waals surface area contributed by atoms with Gasteiger partial charge in [-0.05, 0) is 0 Å². The van der Waals surface area contributed by atoms with Crippen LogP contribution in [-0.2, 0) is 4.12 Å². The van der Waals surface area contributed by atoms with Gasteiger partial charge in [-0.25, -0.2) is 0 Å². The molecule has 0 aliphatic rings. The SMILES string of the molecule is CCCC[Si](C)(C)O[Si](C)(C)CCCCCCCCP(Br)(c1ccccc1)(c1ccccc1)c1ccccc1. The van der Waals surface area contributed by atoms with Gasteiger partial charge in [0.25, 0.3) is 0 Å². The zero-order chi connectivity index (χ0) is 28.3. The summed E-state index contributed by atoms with van der Waals surface area (Å²) in [5.74, 6) is 0. The molecule has 0 aromatic heterocycles. The molecule has 0 fully saturated rings. The summed E-state index contributed by atoms with van der Waals surface area (Å²) in [5, 5.41) is 1.52. The molecule has 0 aliphatic carbocycles. The quantitative estimate of drug-likeness (QED) is 0.0808. The zero-order valence-corrected chi connectivity index (χ0v) is 29.7. The number of halogens is 1. The average molecular weight is 644 g/mol. The molecule has 0 unspecified atom stereocenters. The van der Waals surface area contributed by atoms with Gasteiger partial charge in [-0.1, -0.05) is 19.8 Å². The minimum atomic E-state index is -2.77. The zero-order valence-electron chi connectivity index (χ0n) is 25.2. The van der Waals surface area contributed by atoms with Gasteiger partial charge in [-0.3, -0.25) is 0 Å².